The Labute approximate surface area is 103 Å². The molecule has 1 aliphatic heterocycles. The van der Waals surface area contributed by atoms with Crippen molar-refractivity contribution in [3.63, 3.8) is 0 Å². The molecule has 0 spiro atoms. The van der Waals surface area contributed by atoms with Gasteiger partial charge in [-0.1, -0.05) is 24.3 Å². The Balaban J connectivity index is 1.58. The SMILES string of the molecule is CC(NC1Cc2ccccc2C1)C1CCCO1. The van der Waals surface area contributed by atoms with Crippen molar-refractivity contribution in [1.82, 2.24) is 5.32 Å². The second-order valence-corrected chi connectivity index (χ2v) is 5.38. The molecule has 1 saturated heterocycles. The highest BCUT2D eigenvalue weighted by atomic mass is 16.5. The number of benzene rings is 1. The van der Waals surface area contributed by atoms with Gasteiger partial charge in [0.25, 0.3) is 0 Å². The van der Waals surface area contributed by atoms with Gasteiger partial charge in [-0.3, -0.25) is 0 Å². The normalized spacial score (nSPS) is 26.1. The molecular weight excluding hydrogens is 210 g/mol. The summed E-state index contributed by atoms with van der Waals surface area (Å²) in [5, 5.41) is 3.74. The summed E-state index contributed by atoms with van der Waals surface area (Å²) in [6.45, 7) is 3.21. The first-order valence-electron chi connectivity index (χ1n) is 6.77. The second-order valence-electron chi connectivity index (χ2n) is 5.38. The third-order valence-corrected chi connectivity index (χ3v) is 4.07. The molecule has 2 nitrogen and oxygen atoms in total. The first-order chi connectivity index (χ1) is 8.33. The molecule has 17 heavy (non-hydrogen) atoms. The Hall–Kier alpha value is -0.860. The first-order valence-corrected chi connectivity index (χ1v) is 6.77. The Kier molecular flexibility index (Phi) is 3.17. The zero-order valence-corrected chi connectivity index (χ0v) is 10.5. The molecule has 1 fully saturated rings. The van der Waals surface area contributed by atoms with Gasteiger partial charge in [-0.15, -0.1) is 0 Å². The Morgan fingerprint density at radius 3 is 2.53 bits per heavy atom. The van der Waals surface area contributed by atoms with E-state index < -0.39 is 0 Å². The lowest BCUT2D eigenvalue weighted by molar-refractivity contribution is 0.0801. The van der Waals surface area contributed by atoms with Crippen LogP contribution in [0.2, 0.25) is 0 Å². The van der Waals surface area contributed by atoms with Crippen molar-refractivity contribution < 1.29 is 4.74 Å². The molecule has 1 N–H and O–H groups in total. The van der Waals surface area contributed by atoms with E-state index in [1.54, 1.807) is 0 Å². The Morgan fingerprint density at radius 2 is 1.94 bits per heavy atom. The molecule has 0 bridgehead atoms. The summed E-state index contributed by atoms with van der Waals surface area (Å²) >= 11 is 0. The van der Waals surface area contributed by atoms with Gasteiger partial charge in [0.05, 0.1) is 6.10 Å². The van der Waals surface area contributed by atoms with Gasteiger partial charge in [0, 0.05) is 18.7 Å². The summed E-state index contributed by atoms with van der Waals surface area (Å²) in [6, 6.07) is 9.89. The highest BCUT2D eigenvalue weighted by Crippen LogP contribution is 2.23. The Morgan fingerprint density at radius 1 is 1.24 bits per heavy atom. The fourth-order valence-corrected chi connectivity index (χ4v) is 3.15. The van der Waals surface area contributed by atoms with Crippen molar-refractivity contribution >= 4 is 0 Å². The van der Waals surface area contributed by atoms with Crippen LogP contribution in [0.25, 0.3) is 0 Å². The van der Waals surface area contributed by atoms with Crippen molar-refractivity contribution in [2.24, 2.45) is 0 Å². The quantitative estimate of drug-likeness (QED) is 0.862. The van der Waals surface area contributed by atoms with Crippen LogP contribution in [0.15, 0.2) is 24.3 Å². The molecule has 0 amide bonds. The zero-order chi connectivity index (χ0) is 11.7. The maximum Gasteiger partial charge on any atom is 0.0726 e. The van der Waals surface area contributed by atoms with Gasteiger partial charge >= 0.3 is 0 Å². The molecule has 1 aromatic rings. The maximum atomic E-state index is 5.74. The summed E-state index contributed by atoms with van der Waals surface area (Å²) < 4.78 is 5.74. The summed E-state index contributed by atoms with van der Waals surface area (Å²) in [5.74, 6) is 0. The third-order valence-electron chi connectivity index (χ3n) is 4.07. The number of fused-ring (bicyclic) bond motifs is 1. The van der Waals surface area contributed by atoms with Gasteiger partial charge in [-0.25, -0.2) is 0 Å². The first kappa shape index (κ1) is 11.2. The highest BCUT2D eigenvalue weighted by Gasteiger charge is 2.27. The molecule has 1 aromatic carbocycles. The van der Waals surface area contributed by atoms with Crippen LogP contribution in [-0.4, -0.2) is 24.8 Å². The molecular formula is C15H21NO. The lowest BCUT2D eigenvalue weighted by Crippen LogP contribution is -2.43. The summed E-state index contributed by atoms with van der Waals surface area (Å²) in [4.78, 5) is 0. The summed E-state index contributed by atoms with van der Waals surface area (Å²) in [7, 11) is 0. The fraction of sp³-hybridized carbons (Fsp3) is 0.600. The highest BCUT2D eigenvalue weighted by molar-refractivity contribution is 5.33. The van der Waals surface area contributed by atoms with E-state index in [2.05, 4.69) is 36.5 Å². The van der Waals surface area contributed by atoms with E-state index in [0.717, 1.165) is 6.61 Å². The van der Waals surface area contributed by atoms with Crippen molar-refractivity contribution in [2.75, 3.05) is 6.61 Å². The Bertz CT molecular complexity index is 359. The van der Waals surface area contributed by atoms with Crippen LogP contribution in [0.4, 0.5) is 0 Å². The van der Waals surface area contributed by atoms with Crippen LogP contribution >= 0.6 is 0 Å². The molecule has 1 heterocycles. The molecule has 2 aliphatic rings. The van der Waals surface area contributed by atoms with Gasteiger partial charge in [-0.05, 0) is 43.7 Å². The van der Waals surface area contributed by atoms with Gasteiger partial charge in [-0.2, -0.15) is 0 Å². The van der Waals surface area contributed by atoms with Gasteiger partial charge in [0.1, 0.15) is 0 Å². The van der Waals surface area contributed by atoms with Crippen LogP contribution in [0, 0.1) is 0 Å². The number of hydrogen-bond acceptors (Lipinski definition) is 2. The van der Waals surface area contributed by atoms with E-state index in [4.69, 9.17) is 4.74 Å². The van der Waals surface area contributed by atoms with Gasteiger partial charge < -0.3 is 10.1 Å². The van der Waals surface area contributed by atoms with E-state index >= 15 is 0 Å². The minimum Gasteiger partial charge on any atom is -0.377 e. The zero-order valence-electron chi connectivity index (χ0n) is 10.5. The van der Waals surface area contributed by atoms with Crippen LogP contribution in [0.3, 0.4) is 0 Å². The number of rotatable bonds is 3. The molecule has 2 unspecified atom stereocenters. The van der Waals surface area contributed by atoms with Crippen molar-refractivity contribution in [3.8, 4) is 0 Å². The molecule has 92 valence electrons. The number of ether oxygens (including phenoxy) is 1. The fourth-order valence-electron chi connectivity index (χ4n) is 3.15. The third kappa shape index (κ3) is 2.38. The molecule has 2 atom stereocenters. The topological polar surface area (TPSA) is 21.3 Å². The van der Waals surface area contributed by atoms with E-state index in [9.17, 15) is 0 Å². The van der Waals surface area contributed by atoms with Gasteiger partial charge in [0.15, 0.2) is 0 Å². The smallest absolute Gasteiger partial charge is 0.0726 e. The average molecular weight is 231 g/mol. The monoisotopic (exact) mass is 231 g/mol. The maximum absolute atomic E-state index is 5.74. The van der Waals surface area contributed by atoms with Crippen molar-refractivity contribution in [1.29, 1.82) is 0 Å². The van der Waals surface area contributed by atoms with E-state index in [-0.39, 0.29) is 0 Å². The van der Waals surface area contributed by atoms with Crippen LogP contribution < -0.4 is 5.32 Å². The average Bonchev–Trinajstić information content (AvgIpc) is 2.97. The number of nitrogens with one attached hydrogen (secondary N) is 1. The van der Waals surface area contributed by atoms with Crippen LogP contribution in [0.5, 0.6) is 0 Å². The lowest BCUT2D eigenvalue weighted by Gasteiger charge is -2.24. The predicted octanol–water partition coefficient (Wildman–Crippen LogP) is 2.31. The van der Waals surface area contributed by atoms with Crippen molar-refractivity contribution in [2.45, 2.75) is 50.8 Å². The number of hydrogen-bond donors (Lipinski definition) is 1. The van der Waals surface area contributed by atoms with Crippen molar-refractivity contribution in [3.05, 3.63) is 35.4 Å². The van der Waals surface area contributed by atoms with Crippen LogP contribution in [0.1, 0.15) is 30.9 Å². The summed E-state index contributed by atoms with van der Waals surface area (Å²) in [6.07, 6.45) is 5.22. The molecule has 2 heteroatoms. The van der Waals surface area contributed by atoms with E-state index in [1.807, 2.05) is 0 Å². The lowest BCUT2D eigenvalue weighted by atomic mass is 10.1. The van der Waals surface area contributed by atoms with Crippen LogP contribution in [-0.2, 0) is 17.6 Å². The molecule has 0 aromatic heterocycles. The van der Waals surface area contributed by atoms with E-state index in [0.29, 0.717) is 18.2 Å². The molecule has 1 aliphatic carbocycles. The second kappa shape index (κ2) is 4.79. The largest absolute Gasteiger partial charge is 0.377 e. The van der Waals surface area contributed by atoms with E-state index in [1.165, 1.54) is 36.8 Å². The summed E-state index contributed by atoms with van der Waals surface area (Å²) in [5.41, 5.74) is 3.04. The molecule has 3 rings (SSSR count). The molecule has 0 radical (unpaired) electrons. The van der Waals surface area contributed by atoms with Gasteiger partial charge in [0.2, 0.25) is 0 Å². The standard InChI is InChI=1S/C15H21NO/c1-11(15-7-4-8-17-15)16-14-9-12-5-2-3-6-13(12)10-14/h2-3,5-6,11,14-16H,4,7-10H2,1H3. The predicted molar refractivity (Wildman–Crippen MR) is 69.2 cm³/mol. The minimum absolute atomic E-state index is 0.429. The molecule has 0 saturated carbocycles. The minimum atomic E-state index is 0.429.